The number of nitrogens with one attached hydrogen (secondary N) is 1. The first-order valence-electron chi connectivity index (χ1n) is 9.30. The number of rotatable bonds is 2. The second kappa shape index (κ2) is 6.58. The van der Waals surface area contributed by atoms with Crippen LogP contribution in [0.2, 0.25) is 0 Å². The van der Waals surface area contributed by atoms with Crippen LogP contribution in [0.5, 0.6) is 0 Å². The molecule has 1 aliphatic heterocycles. The van der Waals surface area contributed by atoms with E-state index < -0.39 is 0 Å². The summed E-state index contributed by atoms with van der Waals surface area (Å²) in [7, 11) is 0. The smallest absolute Gasteiger partial charge is 0.262 e. The molecule has 0 radical (unpaired) electrons. The molecule has 4 rings (SSSR count). The van der Waals surface area contributed by atoms with Crippen LogP contribution in [-0.4, -0.2) is 5.91 Å². The maximum atomic E-state index is 13.4. The normalized spacial score (nSPS) is 16.6. The quantitative estimate of drug-likeness (QED) is 0.633. The molecule has 3 nitrogen and oxygen atoms in total. The summed E-state index contributed by atoms with van der Waals surface area (Å²) in [4.78, 5) is 15.2. The molecule has 0 fully saturated rings. The Hall–Kier alpha value is -3.07. The van der Waals surface area contributed by atoms with Crippen molar-refractivity contribution in [2.75, 3.05) is 10.2 Å². The van der Waals surface area contributed by atoms with Crippen LogP contribution < -0.4 is 10.2 Å². The van der Waals surface area contributed by atoms with Crippen molar-refractivity contribution >= 4 is 17.3 Å². The summed E-state index contributed by atoms with van der Waals surface area (Å²) in [5.41, 5.74) is 4.85. The molecule has 0 aromatic heterocycles. The topological polar surface area (TPSA) is 32.3 Å². The molecule has 1 amide bonds. The van der Waals surface area contributed by atoms with Crippen molar-refractivity contribution < 1.29 is 4.79 Å². The molecular formula is C24H24N2O. The van der Waals surface area contributed by atoms with Crippen LogP contribution in [-0.2, 0) is 5.41 Å². The standard InChI is InChI=1S/C24H24N2O/c1-24(2,3)18-13-15-19(16-14-18)26-22(17-9-5-4-6-10-17)25-21-12-8-7-11-20(21)23(26)27/h4-16,22,25H,1-3H3/t22-/m1/s1. The van der Waals surface area contributed by atoms with E-state index in [0.717, 1.165) is 16.9 Å². The van der Waals surface area contributed by atoms with Crippen LogP contribution in [0.15, 0.2) is 78.9 Å². The number of anilines is 2. The summed E-state index contributed by atoms with van der Waals surface area (Å²) in [6.45, 7) is 6.58. The Kier molecular flexibility index (Phi) is 4.23. The molecule has 0 saturated carbocycles. The molecular weight excluding hydrogens is 332 g/mol. The first kappa shape index (κ1) is 17.3. The molecule has 1 heterocycles. The zero-order chi connectivity index (χ0) is 19.0. The fourth-order valence-corrected chi connectivity index (χ4v) is 3.51. The fourth-order valence-electron chi connectivity index (χ4n) is 3.51. The van der Waals surface area contributed by atoms with Gasteiger partial charge in [0.05, 0.1) is 5.56 Å². The van der Waals surface area contributed by atoms with Crippen LogP contribution in [0.25, 0.3) is 0 Å². The molecule has 1 aliphatic rings. The Morgan fingerprint density at radius 2 is 1.44 bits per heavy atom. The second-order valence-electron chi connectivity index (χ2n) is 7.98. The van der Waals surface area contributed by atoms with Crippen molar-refractivity contribution in [2.45, 2.75) is 32.4 Å². The van der Waals surface area contributed by atoms with Gasteiger partial charge in [0.25, 0.3) is 5.91 Å². The van der Waals surface area contributed by atoms with Gasteiger partial charge in [0.15, 0.2) is 0 Å². The number of benzene rings is 3. The molecule has 0 bridgehead atoms. The van der Waals surface area contributed by atoms with Gasteiger partial charge >= 0.3 is 0 Å². The maximum Gasteiger partial charge on any atom is 0.262 e. The lowest BCUT2D eigenvalue weighted by Crippen LogP contribution is -2.43. The number of amides is 1. The lowest BCUT2D eigenvalue weighted by Gasteiger charge is -2.38. The van der Waals surface area contributed by atoms with E-state index in [-0.39, 0.29) is 17.5 Å². The zero-order valence-electron chi connectivity index (χ0n) is 15.9. The minimum absolute atomic E-state index is 0.0155. The third kappa shape index (κ3) is 3.21. The zero-order valence-corrected chi connectivity index (χ0v) is 15.9. The highest BCUT2D eigenvalue weighted by atomic mass is 16.2. The van der Waals surface area contributed by atoms with Gasteiger partial charge in [-0.3, -0.25) is 9.69 Å². The van der Waals surface area contributed by atoms with Gasteiger partial charge in [-0.2, -0.15) is 0 Å². The monoisotopic (exact) mass is 356 g/mol. The van der Waals surface area contributed by atoms with Crippen LogP contribution in [0.4, 0.5) is 11.4 Å². The van der Waals surface area contributed by atoms with Gasteiger partial charge in [-0.1, -0.05) is 75.4 Å². The predicted molar refractivity (Wildman–Crippen MR) is 111 cm³/mol. The highest BCUT2D eigenvalue weighted by Crippen LogP contribution is 2.37. The van der Waals surface area contributed by atoms with Crippen LogP contribution in [0.1, 0.15) is 48.4 Å². The molecule has 3 aromatic carbocycles. The number of para-hydroxylation sites is 1. The highest BCUT2D eigenvalue weighted by Gasteiger charge is 2.34. The lowest BCUT2D eigenvalue weighted by atomic mass is 9.87. The number of fused-ring (bicyclic) bond motifs is 1. The van der Waals surface area contributed by atoms with Crippen LogP contribution in [0, 0.1) is 0 Å². The van der Waals surface area contributed by atoms with E-state index in [0.29, 0.717) is 5.56 Å². The Bertz CT molecular complexity index is 956. The van der Waals surface area contributed by atoms with Gasteiger partial charge in [-0.15, -0.1) is 0 Å². The molecule has 0 spiro atoms. The SMILES string of the molecule is CC(C)(C)c1ccc(N2C(=O)c3ccccc3N[C@H]2c2ccccc2)cc1. The number of carbonyl (C=O) groups is 1. The van der Waals surface area contributed by atoms with Gasteiger partial charge in [-0.05, 0) is 40.8 Å². The molecule has 0 aliphatic carbocycles. The minimum Gasteiger partial charge on any atom is -0.360 e. The average molecular weight is 356 g/mol. The first-order valence-corrected chi connectivity index (χ1v) is 9.30. The molecule has 3 heteroatoms. The molecule has 3 aromatic rings. The summed E-state index contributed by atoms with van der Waals surface area (Å²) < 4.78 is 0. The van der Waals surface area contributed by atoms with Gasteiger partial charge in [-0.25, -0.2) is 0 Å². The summed E-state index contributed by atoms with van der Waals surface area (Å²) in [5, 5.41) is 3.54. The van der Waals surface area contributed by atoms with Crippen molar-refractivity contribution in [1.29, 1.82) is 0 Å². The Morgan fingerprint density at radius 1 is 0.815 bits per heavy atom. The van der Waals surface area contributed by atoms with E-state index in [1.54, 1.807) is 0 Å². The molecule has 1 N–H and O–H groups in total. The highest BCUT2D eigenvalue weighted by molar-refractivity contribution is 6.12. The van der Waals surface area contributed by atoms with Gasteiger partial charge in [0.2, 0.25) is 0 Å². The van der Waals surface area contributed by atoms with Crippen LogP contribution >= 0.6 is 0 Å². The summed E-state index contributed by atoms with van der Waals surface area (Å²) >= 11 is 0. The van der Waals surface area contributed by atoms with Crippen molar-refractivity contribution in [3.63, 3.8) is 0 Å². The third-order valence-electron chi connectivity index (χ3n) is 5.05. The van der Waals surface area contributed by atoms with Crippen molar-refractivity contribution in [2.24, 2.45) is 0 Å². The van der Waals surface area contributed by atoms with E-state index in [1.807, 2.05) is 59.5 Å². The number of hydrogen-bond donors (Lipinski definition) is 1. The maximum absolute atomic E-state index is 13.4. The van der Waals surface area contributed by atoms with Crippen molar-refractivity contribution in [1.82, 2.24) is 0 Å². The summed E-state index contributed by atoms with van der Waals surface area (Å²) in [5.74, 6) is 0.0155. The van der Waals surface area contributed by atoms with Gasteiger partial charge < -0.3 is 5.32 Å². The number of hydrogen-bond acceptors (Lipinski definition) is 2. The third-order valence-corrected chi connectivity index (χ3v) is 5.05. The van der Waals surface area contributed by atoms with E-state index in [4.69, 9.17) is 0 Å². The van der Waals surface area contributed by atoms with Crippen LogP contribution in [0.3, 0.4) is 0 Å². The predicted octanol–water partition coefficient (Wildman–Crippen LogP) is 5.76. The minimum atomic E-state index is -0.242. The summed E-state index contributed by atoms with van der Waals surface area (Å²) in [6.07, 6.45) is -0.242. The Balaban J connectivity index is 1.81. The molecule has 0 unspecified atom stereocenters. The van der Waals surface area contributed by atoms with E-state index >= 15 is 0 Å². The number of carbonyl (C=O) groups excluding carboxylic acids is 1. The largest absolute Gasteiger partial charge is 0.360 e. The molecule has 27 heavy (non-hydrogen) atoms. The van der Waals surface area contributed by atoms with Crippen molar-refractivity contribution in [3.05, 3.63) is 95.6 Å². The van der Waals surface area contributed by atoms with E-state index in [1.165, 1.54) is 5.56 Å². The second-order valence-corrected chi connectivity index (χ2v) is 7.98. The Labute approximate surface area is 160 Å². The Morgan fingerprint density at radius 3 is 2.11 bits per heavy atom. The van der Waals surface area contributed by atoms with Gasteiger partial charge in [0.1, 0.15) is 6.17 Å². The van der Waals surface area contributed by atoms with Gasteiger partial charge in [0, 0.05) is 11.4 Å². The molecule has 0 saturated heterocycles. The average Bonchev–Trinajstić information content (AvgIpc) is 2.68. The molecule has 1 atom stereocenters. The van der Waals surface area contributed by atoms with E-state index in [2.05, 4.69) is 50.4 Å². The fraction of sp³-hybridized carbons (Fsp3) is 0.208. The summed E-state index contributed by atoms with van der Waals surface area (Å²) in [6, 6.07) is 26.1. The number of nitrogens with zero attached hydrogens (tertiary/aromatic N) is 1. The molecule has 136 valence electrons. The van der Waals surface area contributed by atoms with Crippen molar-refractivity contribution in [3.8, 4) is 0 Å². The van der Waals surface area contributed by atoms with E-state index in [9.17, 15) is 4.79 Å². The lowest BCUT2D eigenvalue weighted by molar-refractivity contribution is 0.0975. The first-order chi connectivity index (χ1) is 12.9.